The van der Waals surface area contributed by atoms with Gasteiger partial charge in [-0.05, 0) is 12.1 Å². The topological polar surface area (TPSA) is 134 Å². The highest BCUT2D eigenvalue weighted by atomic mass is 16.4. The molecule has 0 aliphatic rings. The molecule has 0 bridgehead atoms. The average molecular weight is 250 g/mol. The Labute approximate surface area is 101 Å². The van der Waals surface area contributed by atoms with Crippen LogP contribution < -0.4 is 11.3 Å². The van der Waals surface area contributed by atoms with E-state index in [4.69, 9.17) is 10.9 Å². The molecule has 8 nitrogen and oxygen atoms in total. The van der Waals surface area contributed by atoms with Crippen LogP contribution in [0, 0.1) is 0 Å². The Morgan fingerprint density at radius 2 is 1.83 bits per heavy atom. The number of nitrogens with zero attached hydrogens (tertiary/aromatic N) is 2. The molecule has 18 heavy (non-hydrogen) atoms. The molecule has 2 aromatic heterocycles. The first-order chi connectivity index (χ1) is 8.54. The van der Waals surface area contributed by atoms with E-state index in [1.165, 1.54) is 24.3 Å². The van der Waals surface area contributed by atoms with E-state index in [1.807, 2.05) is 0 Å². The number of hydrazine groups is 1. The standard InChI is InChI=1S/C10H10N4O4/c11-13-6-2-1-5(10(17)18)9(12-6)14-7(15)3-4-8(14)16/h1-4,15-16H,11H2,(H,12,13)(H,17,18). The molecular formula is C10H10N4O4. The van der Waals surface area contributed by atoms with Crippen LogP contribution in [0.5, 0.6) is 11.8 Å². The zero-order valence-corrected chi connectivity index (χ0v) is 9.03. The van der Waals surface area contributed by atoms with Crippen LogP contribution in [0.25, 0.3) is 5.82 Å². The van der Waals surface area contributed by atoms with Crippen molar-refractivity contribution in [1.29, 1.82) is 0 Å². The van der Waals surface area contributed by atoms with Crippen molar-refractivity contribution < 1.29 is 20.1 Å². The number of rotatable bonds is 3. The summed E-state index contributed by atoms with van der Waals surface area (Å²) in [5.74, 6) is 3.32. The van der Waals surface area contributed by atoms with E-state index in [0.717, 1.165) is 4.57 Å². The van der Waals surface area contributed by atoms with E-state index in [9.17, 15) is 15.0 Å². The van der Waals surface area contributed by atoms with Crippen molar-refractivity contribution in [2.24, 2.45) is 5.84 Å². The summed E-state index contributed by atoms with van der Waals surface area (Å²) in [5, 5.41) is 28.2. The Hall–Kier alpha value is -2.74. The summed E-state index contributed by atoms with van der Waals surface area (Å²) in [4.78, 5) is 15.0. The largest absolute Gasteiger partial charge is 0.494 e. The molecule has 2 heterocycles. The summed E-state index contributed by atoms with van der Waals surface area (Å²) >= 11 is 0. The van der Waals surface area contributed by atoms with Crippen LogP contribution in [-0.2, 0) is 0 Å². The van der Waals surface area contributed by atoms with E-state index in [0.29, 0.717) is 0 Å². The highest BCUT2D eigenvalue weighted by Gasteiger charge is 2.18. The average Bonchev–Trinajstić information content (AvgIpc) is 2.68. The van der Waals surface area contributed by atoms with E-state index < -0.39 is 5.97 Å². The Balaban J connectivity index is 2.71. The Bertz CT molecular complexity index is 588. The van der Waals surface area contributed by atoms with Crippen molar-refractivity contribution in [1.82, 2.24) is 9.55 Å². The van der Waals surface area contributed by atoms with E-state index in [1.54, 1.807) is 0 Å². The molecule has 0 fully saturated rings. The second-order valence-electron chi connectivity index (χ2n) is 3.40. The number of aromatic hydroxyl groups is 2. The summed E-state index contributed by atoms with van der Waals surface area (Å²) < 4.78 is 0.893. The van der Waals surface area contributed by atoms with Crippen LogP contribution in [-0.4, -0.2) is 30.8 Å². The van der Waals surface area contributed by atoms with Gasteiger partial charge < -0.3 is 20.7 Å². The SMILES string of the molecule is NNc1ccc(C(=O)O)c(-n2c(O)ccc2O)n1. The predicted molar refractivity (Wildman–Crippen MR) is 61.7 cm³/mol. The second-order valence-corrected chi connectivity index (χ2v) is 3.40. The zero-order chi connectivity index (χ0) is 13.3. The summed E-state index contributed by atoms with van der Waals surface area (Å²) in [7, 11) is 0. The Morgan fingerprint density at radius 1 is 1.22 bits per heavy atom. The molecule has 2 aromatic rings. The molecule has 0 atom stereocenters. The first-order valence-corrected chi connectivity index (χ1v) is 4.85. The van der Waals surface area contributed by atoms with Gasteiger partial charge in [-0.3, -0.25) is 0 Å². The van der Waals surface area contributed by atoms with E-state index in [-0.39, 0.29) is 29.0 Å². The summed E-state index contributed by atoms with van der Waals surface area (Å²) in [6.07, 6.45) is 0. The third-order valence-electron chi connectivity index (χ3n) is 2.30. The molecular weight excluding hydrogens is 240 g/mol. The van der Waals surface area contributed by atoms with Crippen molar-refractivity contribution in [2.75, 3.05) is 5.43 Å². The highest BCUT2D eigenvalue weighted by molar-refractivity contribution is 5.91. The number of carboxylic acid groups (broad SMARTS) is 1. The fraction of sp³-hybridized carbons (Fsp3) is 0. The van der Waals surface area contributed by atoms with Crippen molar-refractivity contribution in [3.63, 3.8) is 0 Å². The highest BCUT2D eigenvalue weighted by Crippen LogP contribution is 2.28. The lowest BCUT2D eigenvalue weighted by Gasteiger charge is -2.10. The van der Waals surface area contributed by atoms with Gasteiger partial charge in [0.1, 0.15) is 11.4 Å². The number of pyridine rings is 1. The molecule has 8 heteroatoms. The van der Waals surface area contributed by atoms with Gasteiger partial charge in [-0.15, -0.1) is 0 Å². The number of nitrogens with one attached hydrogen (secondary N) is 1. The maximum absolute atomic E-state index is 11.1. The van der Waals surface area contributed by atoms with Gasteiger partial charge in [-0.25, -0.2) is 20.2 Å². The minimum Gasteiger partial charge on any atom is -0.494 e. The first-order valence-electron chi connectivity index (χ1n) is 4.85. The molecule has 0 radical (unpaired) electrons. The van der Waals surface area contributed by atoms with Crippen molar-refractivity contribution in [3.05, 3.63) is 29.8 Å². The number of aromatic nitrogens is 2. The molecule has 94 valence electrons. The maximum atomic E-state index is 11.1. The number of carboxylic acids is 1. The third kappa shape index (κ3) is 1.80. The van der Waals surface area contributed by atoms with Crippen LogP contribution in [0.15, 0.2) is 24.3 Å². The molecule has 0 saturated carbocycles. The van der Waals surface area contributed by atoms with Crippen molar-refractivity contribution >= 4 is 11.8 Å². The number of nitrogen functional groups attached to an aromatic ring is 1. The van der Waals surface area contributed by atoms with Gasteiger partial charge in [-0.2, -0.15) is 0 Å². The van der Waals surface area contributed by atoms with Crippen LogP contribution in [0.4, 0.5) is 5.82 Å². The van der Waals surface area contributed by atoms with Gasteiger partial charge in [0.05, 0.1) is 0 Å². The molecule has 0 aliphatic heterocycles. The number of nitrogens with two attached hydrogens (primary N) is 1. The number of carbonyl (C=O) groups is 1. The van der Waals surface area contributed by atoms with Crippen LogP contribution in [0.2, 0.25) is 0 Å². The molecule has 0 spiro atoms. The molecule has 0 aromatic carbocycles. The van der Waals surface area contributed by atoms with Gasteiger partial charge in [-0.1, -0.05) is 0 Å². The molecule has 2 rings (SSSR count). The van der Waals surface area contributed by atoms with Gasteiger partial charge in [0.15, 0.2) is 17.6 Å². The lowest BCUT2D eigenvalue weighted by atomic mass is 10.2. The molecule has 0 amide bonds. The fourth-order valence-corrected chi connectivity index (χ4v) is 1.50. The molecule has 0 saturated heterocycles. The number of hydrogen-bond donors (Lipinski definition) is 5. The summed E-state index contributed by atoms with van der Waals surface area (Å²) in [5.41, 5.74) is 2.07. The van der Waals surface area contributed by atoms with Gasteiger partial charge >= 0.3 is 5.97 Å². The maximum Gasteiger partial charge on any atom is 0.339 e. The lowest BCUT2D eigenvalue weighted by Crippen LogP contribution is -2.13. The molecule has 6 N–H and O–H groups in total. The summed E-state index contributed by atoms with van der Waals surface area (Å²) in [6, 6.07) is 5.06. The lowest BCUT2D eigenvalue weighted by molar-refractivity contribution is 0.0696. The van der Waals surface area contributed by atoms with Gasteiger partial charge in [0.2, 0.25) is 0 Å². The minimum atomic E-state index is -1.24. The smallest absolute Gasteiger partial charge is 0.339 e. The van der Waals surface area contributed by atoms with Crippen LogP contribution in [0.3, 0.4) is 0 Å². The van der Waals surface area contributed by atoms with Gasteiger partial charge in [0, 0.05) is 12.1 Å². The van der Waals surface area contributed by atoms with Crippen LogP contribution >= 0.6 is 0 Å². The second kappa shape index (κ2) is 4.26. The summed E-state index contributed by atoms with van der Waals surface area (Å²) in [6.45, 7) is 0. The number of hydrogen-bond acceptors (Lipinski definition) is 6. The third-order valence-corrected chi connectivity index (χ3v) is 2.30. The Morgan fingerprint density at radius 3 is 2.33 bits per heavy atom. The van der Waals surface area contributed by atoms with Crippen molar-refractivity contribution in [3.8, 4) is 17.6 Å². The van der Waals surface area contributed by atoms with E-state index in [2.05, 4.69) is 10.4 Å². The number of anilines is 1. The Kier molecular flexibility index (Phi) is 2.78. The molecule has 0 aliphatic carbocycles. The monoisotopic (exact) mass is 250 g/mol. The number of aromatic carboxylic acids is 1. The van der Waals surface area contributed by atoms with Gasteiger partial charge in [0.25, 0.3) is 0 Å². The zero-order valence-electron chi connectivity index (χ0n) is 9.03. The normalized spacial score (nSPS) is 10.3. The van der Waals surface area contributed by atoms with Crippen LogP contribution in [0.1, 0.15) is 10.4 Å². The fourth-order valence-electron chi connectivity index (χ4n) is 1.50. The quantitative estimate of drug-likeness (QED) is 0.390. The molecule has 0 unspecified atom stereocenters. The van der Waals surface area contributed by atoms with E-state index >= 15 is 0 Å². The first kappa shape index (κ1) is 11.7. The predicted octanol–water partition coefficient (Wildman–Crippen LogP) is 0.267. The minimum absolute atomic E-state index is 0.141. The van der Waals surface area contributed by atoms with Crippen molar-refractivity contribution in [2.45, 2.75) is 0 Å².